The summed E-state index contributed by atoms with van der Waals surface area (Å²) < 4.78 is 16.9. The number of carbonyl (C=O) groups is 3. The Morgan fingerprint density at radius 3 is 0.847 bits per heavy atom. The molecule has 1 unspecified atom stereocenters. The van der Waals surface area contributed by atoms with Gasteiger partial charge < -0.3 is 14.2 Å². The Morgan fingerprint density at radius 1 is 0.278 bits per heavy atom. The summed E-state index contributed by atoms with van der Waals surface area (Å²) in [6.45, 7) is 6.58. The first-order chi connectivity index (χ1) is 35.5. The third-order valence-electron chi connectivity index (χ3n) is 13.7. The fourth-order valence-corrected chi connectivity index (χ4v) is 8.98. The smallest absolute Gasteiger partial charge is 0.306 e. The normalized spacial score (nSPS) is 12.4. The van der Waals surface area contributed by atoms with E-state index in [9.17, 15) is 14.4 Å². The van der Waals surface area contributed by atoms with Crippen molar-refractivity contribution in [3.63, 3.8) is 0 Å². The molecule has 0 aromatic carbocycles. The molecule has 0 aliphatic heterocycles. The number of hydrogen-bond donors (Lipinski definition) is 0. The minimum atomic E-state index is -0.785. The molecule has 0 radical (unpaired) electrons. The summed E-state index contributed by atoms with van der Waals surface area (Å²) in [5.74, 6) is -0.893. The SMILES string of the molecule is CCC/C=C\CCCCCCCC(=O)OCC(COC(=O)CCCCCCCCCCCCC/C=C\CCCCCCCCCC)OC(=O)CCCCCCCC/C=C\C/C=C\C/C=C\CCCCCCC. The second-order valence-corrected chi connectivity index (χ2v) is 21.0. The molecule has 0 N–H and O–H groups in total. The Morgan fingerprint density at radius 2 is 0.528 bits per heavy atom. The lowest BCUT2D eigenvalue weighted by Gasteiger charge is -2.18. The zero-order chi connectivity index (χ0) is 52.2. The minimum Gasteiger partial charge on any atom is -0.462 e. The van der Waals surface area contributed by atoms with E-state index in [4.69, 9.17) is 14.2 Å². The zero-order valence-electron chi connectivity index (χ0n) is 47.9. The summed E-state index contributed by atoms with van der Waals surface area (Å²) >= 11 is 0. The van der Waals surface area contributed by atoms with Gasteiger partial charge in [-0.2, -0.15) is 0 Å². The van der Waals surface area contributed by atoms with Crippen molar-refractivity contribution < 1.29 is 28.6 Å². The van der Waals surface area contributed by atoms with Crippen molar-refractivity contribution in [1.29, 1.82) is 0 Å². The fourth-order valence-electron chi connectivity index (χ4n) is 8.98. The highest BCUT2D eigenvalue weighted by atomic mass is 16.6. The number of esters is 3. The van der Waals surface area contributed by atoms with Crippen LogP contribution in [-0.4, -0.2) is 37.2 Å². The first-order valence-corrected chi connectivity index (χ1v) is 31.3. The van der Waals surface area contributed by atoms with Crippen LogP contribution in [0.25, 0.3) is 0 Å². The standard InChI is InChI=1S/C66H118O6/c1-4-7-10-13-16-19-22-24-26-28-30-32-33-35-36-38-40-42-44-47-50-53-56-59-65(68)71-62-63(61-70-64(67)58-55-52-49-46-21-18-15-12-9-6-3)72-66(69)60-57-54-51-48-45-43-41-39-37-34-31-29-27-25-23-20-17-14-11-8-5-2/h12,15,23,25,28-31,37,39,63H,4-11,13-14,16-22,24,26-27,32-36,38,40-62H2,1-3H3/b15-12-,25-23-,30-28-,31-29-,39-37-. The van der Waals surface area contributed by atoms with Crippen molar-refractivity contribution in [2.45, 2.75) is 329 Å². The van der Waals surface area contributed by atoms with Gasteiger partial charge >= 0.3 is 17.9 Å². The first kappa shape index (κ1) is 69.1. The summed E-state index contributed by atoms with van der Waals surface area (Å²) in [4.78, 5) is 38.2. The van der Waals surface area contributed by atoms with Gasteiger partial charge in [0.15, 0.2) is 6.10 Å². The molecule has 0 aromatic heterocycles. The van der Waals surface area contributed by atoms with Crippen LogP contribution in [0.2, 0.25) is 0 Å². The number of rotatable bonds is 57. The van der Waals surface area contributed by atoms with Gasteiger partial charge in [0.25, 0.3) is 0 Å². The predicted molar refractivity (Wildman–Crippen MR) is 312 cm³/mol. The van der Waals surface area contributed by atoms with E-state index >= 15 is 0 Å². The molecule has 0 spiro atoms. The molecule has 0 bridgehead atoms. The molecular formula is C66H118O6. The molecule has 0 aliphatic rings. The lowest BCUT2D eigenvalue weighted by atomic mass is 10.0. The van der Waals surface area contributed by atoms with Crippen LogP contribution in [0.15, 0.2) is 60.8 Å². The lowest BCUT2D eigenvalue weighted by molar-refractivity contribution is -0.167. The molecule has 0 rings (SSSR count). The minimum absolute atomic E-state index is 0.0813. The summed E-state index contributed by atoms with van der Waals surface area (Å²) in [6.07, 6.45) is 76.6. The molecule has 0 saturated heterocycles. The topological polar surface area (TPSA) is 78.9 Å². The Balaban J connectivity index is 4.27. The predicted octanol–water partition coefficient (Wildman–Crippen LogP) is 21.2. The monoisotopic (exact) mass is 1010 g/mol. The van der Waals surface area contributed by atoms with Crippen LogP contribution in [-0.2, 0) is 28.6 Å². The van der Waals surface area contributed by atoms with Gasteiger partial charge in [-0.05, 0) is 103 Å². The maximum atomic E-state index is 12.9. The molecule has 0 aromatic rings. The maximum absolute atomic E-state index is 12.9. The van der Waals surface area contributed by atoms with E-state index in [1.807, 2.05) is 0 Å². The Labute approximate surface area is 447 Å². The van der Waals surface area contributed by atoms with Gasteiger partial charge in [0.05, 0.1) is 0 Å². The van der Waals surface area contributed by atoms with E-state index in [-0.39, 0.29) is 31.1 Å². The van der Waals surface area contributed by atoms with Crippen LogP contribution in [0.1, 0.15) is 323 Å². The summed E-state index contributed by atoms with van der Waals surface area (Å²) in [7, 11) is 0. The fraction of sp³-hybridized carbons (Fsp3) is 0.803. The molecule has 6 nitrogen and oxygen atoms in total. The highest BCUT2D eigenvalue weighted by Crippen LogP contribution is 2.16. The molecule has 0 amide bonds. The largest absolute Gasteiger partial charge is 0.462 e. The number of unbranched alkanes of at least 4 members (excludes halogenated alkanes) is 36. The van der Waals surface area contributed by atoms with Crippen LogP contribution >= 0.6 is 0 Å². The summed E-state index contributed by atoms with van der Waals surface area (Å²) in [5, 5.41) is 0. The van der Waals surface area contributed by atoms with Crippen LogP contribution in [0.3, 0.4) is 0 Å². The van der Waals surface area contributed by atoms with Gasteiger partial charge in [0, 0.05) is 19.3 Å². The molecule has 0 fully saturated rings. The Kier molecular flexibility index (Phi) is 58.2. The van der Waals surface area contributed by atoms with Gasteiger partial charge in [-0.25, -0.2) is 0 Å². The molecule has 0 saturated carbocycles. The summed E-state index contributed by atoms with van der Waals surface area (Å²) in [5.41, 5.74) is 0. The van der Waals surface area contributed by atoms with Crippen LogP contribution in [0.5, 0.6) is 0 Å². The van der Waals surface area contributed by atoms with Crippen LogP contribution < -0.4 is 0 Å². The maximum Gasteiger partial charge on any atom is 0.306 e. The van der Waals surface area contributed by atoms with Crippen molar-refractivity contribution in [1.82, 2.24) is 0 Å². The van der Waals surface area contributed by atoms with Gasteiger partial charge in [0.1, 0.15) is 13.2 Å². The van der Waals surface area contributed by atoms with Gasteiger partial charge in [-0.3, -0.25) is 14.4 Å². The van der Waals surface area contributed by atoms with E-state index in [1.165, 1.54) is 186 Å². The van der Waals surface area contributed by atoms with E-state index in [0.29, 0.717) is 19.3 Å². The van der Waals surface area contributed by atoms with Crippen molar-refractivity contribution in [2.24, 2.45) is 0 Å². The molecule has 1 atom stereocenters. The highest BCUT2D eigenvalue weighted by Gasteiger charge is 2.19. The number of ether oxygens (including phenoxy) is 3. The van der Waals surface area contributed by atoms with Crippen molar-refractivity contribution in [2.75, 3.05) is 13.2 Å². The molecule has 418 valence electrons. The molecule has 0 heterocycles. The van der Waals surface area contributed by atoms with Gasteiger partial charge in [-0.1, -0.05) is 261 Å². The van der Waals surface area contributed by atoms with E-state index in [0.717, 1.165) is 96.3 Å². The van der Waals surface area contributed by atoms with Gasteiger partial charge in [-0.15, -0.1) is 0 Å². The molecular weight excluding hydrogens is 889 g/mol. The van der Waals surface area contributed by atoms with Crippen LogP contribution in [0, 0.1) is 0 Å². The van der Waals surface area contributed by atoms with Crippen molar-refractivity contribution in [3.05, 3.63) is 60.8 Å². The molecule has 72 heavy (non-hydrogen) atoms. The second kappa shape index (κ2) is 60.7. The van der Waals surface area contributed by atoms with E-state index < -0.39 is 6.10 Å². The average Bonchev–Trinajstić information content (AvgIpc) is 3.38. The number of allylic oxidation sites excluding steroid dienone is 10. The van der Waals surface area contributed by atoms with E-state index in [2.05, 4.69) is 81.5 Å². The quantitative estimate of drug-likeness (QED) is 0.0261. The molecule has 6 heteroatoms. The van der Waals surface area contributed by atoms with Crippen molar-refractivity contribution in [3.8, 4) is 0 Å². The van der Waals surface area contributed by atoms with E-state index in [1.54, 1.807) is 0 Å². The number of hydrogen-bond acceptors (Lipinski definition) is 6. The highest BCUT2D eigenvalue weighted by molar-refractivity contribution is 5.71. The Hall–Kier alpha value is -2.89. The Bertz CT molecular complexity index is 1290. The lowest BCUT2D eigenvalue weighted by Crippen LogP contribution is -2.30. The van der Waals surface area contributed by atoms with Crippen LogP contribution in [0.4, 0.5) is 0 Å². The first-order valence-electron chi connectivity index (χ1n) is 31.3. The summed E-state index contributed by atoms with van der Waals surface area (Å²) in [6, 6.07) is 0. The third-order valence-corrected chi connectivity index (χ3v) is 13.7. The second-order valence-electron chi connectivity index (χ2n) is 21.0. The molecule has 0 aliphatic carbocycles. The van der Waals surface area contributed by atoms with Crippen molar-refractivity contribution >= 4 is 17.9 Å². The third kappa shape index (κ3) is 58.0. The zero-order valence-corrected chi connectivity index (χ0v) is 47.9. The van der Waals surface area contributed by atoms with Gasteiger partial charge in [0.2, 0.25) is 0 Å². The average molecular weight is 1010 g/mol. The number of carbonyl (C=O) groups excluding carboxylic acids is 3.